The first-order valence-electron chi connectivity index (χ1n) is 24.8. The summed E-state index contributed by atoms with van der Waals surface area (Å²) in [6.07, 6.45) is 9.66. The van der Waals surface area contributed by atoms with E-state index in [1.54, 1.807) is 0 Å². The van der Waals surface area contributed by atoms with Crippen molar-refractivity contribution in [1.29, 1.82) is 0 Å². The summed E-state index contributed by atoms with van der Waals surface area (Å²) in [5, 5.41) is 0. The molecule has 0 N–H and O–H groups in total. The maximum absolute atomic E-state index is 6.46. The van der Waals surface area contributed by atoms with Crippen LogP contribution in [0.4, 0.5) is 0 Å². The summed E-state index contributed by atoms with van der Waals surface area (Å²) in [6, 6.07) is 3.48. The molecular weight excluding hydrogens is 867 g/mol. The summed E-state index contributed by atoms with van der Waals surface area (Å²) < 4.78 is 77.2. The van der Waals surface area contributed by atoms with E-state index in [9.17, 15) is 0 Å². The highest BCUT2D eigenvalue weighted by atomic mass is 28.4. The molecule has 12 fully saturated rings. The maximum Gasteiger partial charge on any atom is 0.501 e. The Kier molecular flexibility index (Phi) is 19.6. The average molecular weight is 948 g/mol. The van der Waals surface area contributed by atoms with E-state index in [1.807, 2.05) is 0 Å². The highest BCUT2D eigenvalue weighted by Gasteiger charge is 2.47. The molecule has 0 aromatic heterocycles. The third-order valence-corrected chi connectivity index (χ3v) is 25.7. The van der Waals surface area contributed by atoms with Gasteiger partial charge in [-0.25, -0.2) is 0 Å². The fourth-order valence-corrected chi connectivity index (χ4v) is 20.3. The lowest BCUT2D eigenvalue weighted by atomic mass is 9.99. The summed E-state index contributed by atoms with van der Waals surface area (Å²) in [6.45, 7) is 23.4. The normalized spacial score (nSPS) is 37.3. The van der Waals surface area contributed by atoms with E-state index >= 15 is 0 Å². The molecule has 12 aliphatic heterocycles. The summed E-state index contributed by atoms with van der Waals surface area (Å²) in [5.41, 5.74) is 0. The van der Waals surface area contributed by atoms with Gasteiger partial charge >= 0.3 is 35.2 Å². The molecule has 12 saturated heterocycles. The lowest BCUT2D eigenvalue weighted by molar-refractivity contribution is -0.00970. The monoisotopic (exact) mass is 947 g/mol. The van der Waals surface area contributed by atoms with Crippen molar-refractivity contribution in [2.75, 3.05) is 177 Å². The molecule has 0 amide bonds. The number of rotatable bonds is 21. The van der Waals surface area contributed by atoms with Gasteiger partial charge < -0.3 is 62.9 Å². The Morgan fingerprint density at radius 2 is 0.500 bits per heavy atom. The van der Waals surface area contributed by atoms with Crippen molar-refractivity contribution in [3.05, 3.63) is 0 Å². The van der Waals surface area contributed by atoms with Crippen molar-refractivity contribution in [2.24, 2.45) is 5.92 Å². The lowest BCUT2D eigenvalue weighted by Gasteiger charge is -2.39. The second-order valence-corrected chi connectivity index (χ2v) is 29.4. The Hall–Kier alpha value is 0.188. The zero-order chi connectivity index (χ0) is 42.2. The molecule has 0 unspecified atom stereocenters. The second kappa shape index (κ2) is 25.0. The van der Waals surface area contributed by atoms with Crippen LogP contribution in [0.2, 0.25) is 24.2 Å². The van der Waals surface area contributed by atoms with Crippen LogP contribution in [0, 0.1) is 5.92 Å². The van der Waals surface area contributed by atoms with Crippen LogP contribution in [0.25, 0.3) is 0 Å². The van der Waals surface area contributed by atoms with Crippen molar-refractivity contribution in [3.63, 3.8) is 0 Å². The maximum atomic E-state index is 6.46. The van der Waals surface area contributed by atoms with Crippen LogP contribution < -0.4 is 0 Å². The minimum atomic E-state index is -2.68. The molecule has 12 heterocycles. The first-order chi connectivity index (χ1) is 30.5. The molecule has 0 aromatic rings. The van der Waals surface area contributed by atoms with E-state index in [2.05, 4.69) is 24.5 Å². The standard InChI is InChI=1S/C41H81N5O12Si4/c1(10-42(12-3-37-59-47-25-7-41(8-26-48-59)9-27-49-59)13-4-38-60-50-28-16-44(17-29-51-60)18-30-52-60)2-11-43(14-5-39-61-53-31-19-45(20-32-54-61)21-33-55-61)15-6-40-62-56-34-22-46(23-35-57-62)24-36-58-62/h41H,1-40H2. The van der Waals surface area contributed by atoms with Gasteiger partial charge in [0.2, 0.25) is 0 Å². The molecule has 0 spiro atoms. The van der Waals surface area contributed by atoms with E-state index in [1.165, 1.54) is 0 Å². The van der Waals surface area contributed by atoms with Crippen LogP contribution in [0.5, 0.6) is 0 Å². The van der Waals surface area contributed by atoms with E-state index in [0.717, 1.165) is 200 Å². The van der Waals surface area contributed by atoms with Gasteiger partial charge in [-0.3, -0.25) is 14.7 Å². The topological polar surface area (TPSA) is 127 Å². The largest absolute Gasteiger partial charge is 0.501 e. The van der Waals surface area contributed by atoms with E-state index in [4.69, 9.17) is 53.1 Å². The number of unbranched alkanes of at least 4 members (excludes halogenated alkanes) is 1. The van der Waals surface area contributed by atoms with Gasteiger partial charge in [-0.05, 0) is 103 Å². The van der Waals surface area contributed by atoms with Gasteiger partial charge in [0.1, 0.15) is 0 Å². The Bertz CT molecular complexity index is 1020. The highest BCUT2D eigenvalue weighted by Crippen LogP contribution is 2.30. The summed E-state index contributed by atoms with van der Waals surface area (Å²) >= 11 is 0. The Balaban J connectivity index is 0.861. The van der Waals surface area contributed by atoms with Crippen LogP contribution in [-0.4, -0.2) is 237 Å². The smallest absolute Gasteiger partial charge is 0.373 e. The van der Waals surface area contributed by atoms with Gasteiger partial charge in [0.15, 0.2) is 0 Å². The molecular formula is C41H81N5O12Si4. The molecule has 0 saturated carbocycles. The quantitative estimate of drug-likeness (QED) is 0.124. The molecule has 12 aliphatic rings. The zero-order valence-electron chi connectivity index (χ0n) is 38.0. The molecule has 0 aromatic carbocycles. The Labute approximate surface area is 376 Å². The zero-order valence-corrected chi connectivity index (χ0v) is 42.0. The molecule has 62 heavy (non-hydrogen) atoms. The highest BCUT2D eigenvalue weighted by molar-refractivity contribution is 6.61. The third kappa shape index (κ3) is 14.8. The molecule has 358 valence electrons. The molecule has 0 radical (unpaired) electrons. The van der Waals surface area contributed by atoms with Gasteiger partial charge in [-0.2, -0.15) is 0 Å². The molecule has 0 aliphatic carbocycles. The van der Waals surface area contributed by atoms with Gasteiger partial charge in [0.05, 0.1) is 59.5 Å². The van der Waals surface area contributed by atoms with Crippen LogP contribution in [0.1, 0.15) is 57.8 Å². The fraction of sp³-hybridized carbons (Fsp3) is 1.00. The van der Waals surface area contributed by atoms with Crippen molar-refractivity contribution in [3.8, 4) is 0 Å². The number of hydrogen-bond donors (Lipinski definition) is 0. The van der Waals surface area contributed by atoms with E-state index < -0.39 is 35.2 Å². The van der Waals surface area contributed by atoms with Gasteiger partial charge in [0.25, 0.3) is 0 Å². The number of fused-ring (bicyclic) bond motifs is 24. The molecule has 21 heteroatoms. The van der Waals surface area contributed by atoms with Crippen molar-refractivity contribution in [2.45, 2.75) is 82.0 Å². The summed E-state index contributed by atoms with van der Waals surface area (Å²) in [7, 11) is -10.7. The fourth-order valence-electron chi connectivity index (χ4n) is 10.3. The molecule has 0 atom stereocenters. The lowest BCUT2D eigenvalue weighted by Crippen LogP contribution is -2.55. The second-order valence-electron chi connectivity index (χ2n) is 18.5. The van der Waals surface area contributed by atoms with Gasteiger partial charge in [-0.15, -0.1) is 0 Å². The minimum Gasteiger partial charge on any atom is -0.373 e. The summed E-state index contributed by atoms with van der Waals surface area (Å²) in [5.74, 6) is 0.661. The van der Waals surface area contributed by atoms with E-state index in [-0.39, 0.29) is 0 Å². The van der Waals surface area contributed by atoms with Crippen molar-refractivity contribution in [1.82, 2.24) is 24.5 Å². The van der Waals surface area contributed by atoms with Crippen LogP contribution in [0.15, 0.2) is 0 Å². The predicted octanol–water partition coefficient (Wildman–Crippen LogP) is 2.69. The molecule has 17 nitrogen and oxygen atoms in total. The van der Waals surface area contributed by atoms with Crippen LogP contribution in [-0.2, 0) is 53.1 Å². The number of nitrogens with zero attached hydrogens (tertiary/aromatic N) is 5. The van der Waals surface area contributed by atoms with Crippen molar-refractivity contribution < 1.29 is 53.1 Å². The van der Waals surface area contributed by atoms with Crippen LogP contribution >= 0.6 is 0 Å². The van der Waals surface area contributed by atoms with Crippen LogP contribution in [0.3, 0.4) is 0 Å². The molecule has 12 rings (SSSR count). The first kappa shape index (κ1) is 48.6. The Morgan fingerprint density at radius 1 is 0.290 bits per heavy atom. The van der Waals surface area contributed by atoms with Crippen molar-refractivity contribution >= 4 is 35.2 Å². The SMILES string of the molecule is C(CCN(CCC[Si]12OCCN(CCO1)CCO2)CCC[Si]12OCCN(CCO1)CCO2)CN(CCC[Si]12OCCC(CCO1)CCO2)CCC[Si]12OCCN(CCO1)CCO2. The Morgan fingerprint density at radius 3 is 0.742 bits per heavy atom. The number of hydrogen-bond acceptors (Lipinski definition) is 17. The van der Waals surface area contributed by atoms with Gasteiger partial charge in [0, 0.05) is 103 Å². The average Bonchev–Trinajstić information content (AvgIpc) is 3.17. The summed E-state index contributed by atoms with van der Waals surface area (Å²) in [4.78, 5) is 12.5. The van der Waals surface area contributed by atoms with E-state index in [0.29, 0.717) is 65.4 Å². The van der Waals surface area contributed by atoms with Gasteiger partial charge in [-0.1, -0.05) is 0 Å². The third-order valence-electron chi connectivity index (χ3n) is 14.1. The first-order valence-corrected chi connectivity index (χ1v) is 32.5. The minimum absolute atomic E-state index is 0.661. The predicted molar refractivity (Wildman–Crippen MR) is 241 cm³/mol. The molecule has 8 bridgehead atoms.